The maximum Gasteiger partial charge on any atom is 0.158 e. The van der Waals surface area contributed by atoms with Gasteiger partial charge >= 0.3 is 0 Å². The first-order valence-electron chi connectivity index (χ1n) is 8.83. The lowest BCUT2D eigenvalue weighted by Gasteiger charge is -2.22. The minimum Gasteiger partial charge on any atom is -0.367 e. The van der Waals surface area contributed by atoms with Crippen molar-refractivity contribution in [1.29, 1.82) is 0 Å². The monoisotopic (exact) mass is 308 g/mol. The smallest absolute Gasteiger partial charge is 0.158 e. The summed E-state index contributed by atoms with van der Waals surface area (Å²) < 4.78 is 1.95. The number of nitrogens with zero attached hydrogens (tertiary/aromatic N) is 3. The standard InChI is InChI=1S/C19H24N4/c1-14-13-18-21-19(20-15-9-5-3-2-4-6-10-15)16-11-7-8-12-17(16)23(18)22-14/h7-8,11-13,15H,2-6,9-10H2,1H3,(H,20,21). The van der Waals surface area contributed by atoms with Gasteiger partial charge in [-0.3, -0.25) is 0 Å². The van der Waals surface area contributed by atoms with E-state index in [9.17, 15) is 0 Å². The zero-order valence-corrected chi connectivity index (χ0v) is 13.8. The Labute approximate surface area is 136 Å². The third kappa shape index (κ3) is 2.90. The molecule has 0 amide bonds. The van der Waals surface area contributed by atoms with E-state index >= 15 is 0 Å². The fourth-order valence-corrected chi connectivity index (χ4v) is 3.68. The normalized spacial score (nSPS) is 17.3. The number of nitrogens with one attached hydrogen (secondary N) is 1. The fourth-order valence-electron chi connectivity index (χ4n) is 3.68. The quantitative estimate of drug-likeness (QED) is 0.745. The third-order valence-electron chi connectivity index (χ3n) is 4.87. The highest BCUT2D eigenvalue weighted by Crippen LogP contribution is 2.26. The molecule has 1 saturated carbocycles. The molecular formula is C19H24N4. The van der Waals surface area contributed by atoms with Crippen LogP contribution in [-0.2, 0) is 0 Å². The molecule has 2 heterocycles. The molecule has 120 valence electrons. The number of fused-ring (bicyclic) bond motifs is 3. The van der Waals surface area contributed by atoms with Crippen molar-refractivity contribution in [3.05, 3.63) is 36.0 Å². The van der Waals surface area contributed by atoms with Gasteiger partial charge in [0.15, 0.2) is 5.65 Å². The largest absolute Gasteiger partial charge is 0.367 e. The van der Waals surface area contributed by atoms with Crippen molar-refractivity contribution in [2.24, 2.45) is 0 Å². The Morgan fingerprint density at radius 3 is 2.61 bits per heavy atom. The van der Waals surface area contributed by atoms with Gasteiger partial charge in [-0.2, -0.15) is 5.10 Å². The van der Waals surface area contributed by atoms with Crippen LogP contribution in [0.1, 0.15) is 50.6 Å². The van der Waals surface area contributed by atoms with Gasteiger partial charge in [-0.15, -0.1) is 0 Å². The van der Waals surface area contributed by atoms with Crippen LogP contribution in [0.3, 0.4) is 0 Å². The molecule has 1 N–H and O–H groups in total. The third-order valence-corrected chi connectivity index (χ3v) is 4.87. The molecule has 2 aromatic heterocycles. The molecule has 0 saturated heterocycles. The molecule has 0 bridgehead atoms. The number of hydrogen-bond donors (Lipinski definition) is 1. The molecule has 0 unspecified atom stereocenters. The van der Waals surface area contributed by atoms with Gasteiger partial charge in [-0.05, 0) is 31.9 Å². The summed E-state index contributed by atoms with van der Waals surface area (Å²) in [5.74, 6) is 1.01. The zero-order chi connectivity index (χ0) is 15.6. The second kappa shape index (κ2) is 6.19. The van der Waals surface area contributed by atoms with Crippen LogP contribution < -0.4 is 5.32 Å². The molecule has 4 nitrogen and oxygen atoms in total. The molecule has 4 heteroatoms. The van der Waals surface area contributed by atoms with Crippen LogP contribution in [0.4, 0.5) is 5.82 Å². The van der Waals surface area contributed by atoms with Gasteiger partial charge in [0.1, 0.15) is 5.82 Å². The molecule has 1 fully saturated rings. The highest BCUT2D eigenvalue weighted by atomic mass is 15.3. The van der Waals surface area contributed by atoms with Crippen molar-refractivity contribution in [1.82, 2.24) is 14.6 Å². The van der Waals surface area contributed by atoms with E-state index in [1.165, 1.54) is 44.9 Å². The first-order valence-corrected chi connectivity index (χ1v) is 8.83. The number of rotatable bonds is 2. The first kappa shape index (κ1) is 14.5. The lowest BCUT2D eigenvalue weighted by molar-refractivity contribution is 0.471. The Morgan fingerprint density at radius 2 is 1.78 bits per heavy atom. The zero-order valence-electron chi connectivity index (χ0n) is 13.8. The van der Waals surface area contributed by atoms with Gasteiger partial charge in [0.2, 0.25) is 0 Å². The van der Waals surface area contributed by atoms with Crippen LogP contribution in [0.15, 0.2) is 30.3 Å². The lowest BCUT2D eigenvalue weighted by atomic mass is 9.96. The van der Waals surface area contributed by atoms with E-state index in [1.807, 2.05) is 11.4 Å². The van der Waals surface area contributed by atoms with E-state index in [-0.39, 0.29) is 0 Å². The minimum absolute atomic E-state index is 0.540. The summed E-state index contributed by atoms with van der Waals surface area (Å²) in [6.07, 6.45) is 9.28. The lowest BCUT2D eigenvalue weighted by Crippen LogP contribution is -2.21. The Bertz CT molecular complexity index is 813. The highest BCUT2D eigenvalue weighted by Gasteiger charge is 2.15. The molecule has 1 aliphatic rings. The average molecular weight is 308 g/mol. The van der Waals surface area contributed by atoms with E-state index in [4.69, 9.17) is 4.98 Å². The molecular weight excluding hydrogens is 284 g/mol. The number of anilines is 1. The van der Waals surface area contributed by atoms with E-state index in [2.05, 4.69) is 40.7 Å². The average Bonchev–Trinajstić information content (AvgIpc) is 2.90. The molecule has 1 aromatic carbocycles. The van der Waals surface area contributed by atoms with Crippen LogP contribution >= 0.6 is 0 Å². The van der Waals surface area contributed by atoms with Crippen molar-refractivity contribution >= 4 is 22.4 Å². The number of hydrogen-bond acceptors (Lipinski definition) is 3. The Hall–Kier alpha value is -2.10. The second-order valence-electron chi connectivity index (χ2n) is 6.72. The summed E-state index contributed by atoms with van der Waals surface area (Å²) in [5, 5.41) is 9.48. The summed E-state index contributed by atoms with van der Waals surface area (Å²) >= 11 is 0. The number of benzene rings is 1. The van der Waals surface area contributed by atoms with E-state index in [1.54, 1.807) is 0 Å². The van der Waals surface area contributed by atoms with Gasteiger partial charge in [-0.1, -0.05) is 44.2 Å². The second-order valence-corrected chi connectivity index (χ2v) is 6.72. The van der Waals surface area contributed by atoms with E-state index < -0.39 is 0 Å². The molecule has 4 rings (SSSR count). The van der Waals surface area contributed by atoms with Crippen LogP contribution in [0.25, 0.3) is 16.6 Å². The van der Waals surface area contributed by atoms with Crippen molar-refractivity contribution in [2.45, 2.75) is 57.9 Å². The maximum atomic E-state index is 4.86. The number of para-hydroxylation sites is 1. The van der Waals surface area contributed by atoms with Gasteiger partial charge in [-0.25, -0.2) is 9.50 Å². The topological polar surface area (TPSA) is 42.2 Å². The van der Waals surface area contributed by atoms with Crippen molar-refractivity contribution in [2.75, 3.05) is 5.32 Å². The summed E-state index contributed by atoms with van der Waals surface area (Å²) in [7, 11) is 0. The molecule has 23 heavy (non-hydrogen) atoms. The van der Waals surface area contributed by atoms with Crippen molar-refractivity contribution in [3.63, 3.8) is 0 Å². The number of aryl methyl sites for hydroxylation is 1. The number of aromatic nitrogens is 3. The van der Waals surface area contributed by atoms with Gasteiger partial charge in [0.25, 0.3) is 0 Å². The molecule has 1 aliphatic carbocycles. The minimum atomic E-state index is 0.540. The van der Waals surface area contributed by atoms with Gasteiger partial charge in [0.05, 0.1) is 11.2 Å². The summed E-state index contributed by atoms with van der Waals surface area (Å²) in [6, 6.07) is 11.0. The molecule has 0 atom stereocenters. The fraction of sp³-hybridized carbons (Fsp3) is 0.474. The maximum absolute atomic E-state index is 4.86. The Balaban J connectivity index is 1.75. The van der Waals surface area contributed by atoms with Crippen LogP contribution in [0.5, 0.6) is 0 Å². The molecule has 0 aliphatic heterocycles. The molecule has 3 aromatic rings. The van der Waals surface area contributed by atoms with Gasteiger partial charge in [0, 0.05) is 17.5 Å². The van der Waals surface area contributed by atoms with Crippen molar-refractivity contribution < 1.29 is 0 Å². The van der Waals surface area contributed by atoms with Crippen molar-refractivity contribution in [3.8, 4) is 0 Å². The summed E-state index contributed by atoms with van der Waals surface area (Å²) in [4.78, 5) is 4.86. The van der Waals surface area contributed by atoms with Crippen LogP contribution in [0.2, 0.25) is 0 Å². The molecule has 0 spiro atoms. The summed E-state index contributed by atoms with van der Waals surface area (Å²) in [6.45, 7) is 2.02. The van der Waals surface area contributed by atoms with Crippen LogP contribution in [0, 0.1) is 6.92 Å². The predicted octanol–water partition coefficient (Wildman–Crippen LogP) is 4.72. The molecule has 0 radical (unpaired) electrons. The first-order chi connectivity index (χ1) is 11.3. The summed E-state index contributed by atoms with van der Waals surface area (Å²) in [5.41, 5.74) is 3.05. The Morgan fingerprint density at radius 1 is 1.04 bits per heavy atom. The highest BCUT2D eigenvalue weighted by molar-refractivity contribution is 5.91. The Kier molecular flexibility index (Phi) is 3.90. The predicted molar refractivity (Wildman–Crippen MR) is 95.0 cm³/mol. The SMILES string of the molecule is Cc1cc2nc(NC3CCCCCCC3)c3ccccc3n2n1. The van der Waals surface area contributed by atoms with E-state index in [0.717, 1.165) is 28.1 Å². The van der Waals surface area contributed by atoms with Crippen LogP contribution in [-0.4, -0.2) is 20.6 Å². The van der Waals surface area contributed by atoms with Gasteiger partial charge < -0.3 is 5.32 Å². The van der Waals surface area contributed by atoms with E-state index in [0.29, 0.717) is 6.04 Å².